The lowest BCUT2D eigenvalue weighted by atomic mass is 10.0. The van der Waals surface area contributed by atoms with Crippen LogP contribution in [0.15, 0.2) is 97.2 Å². The van der Waals surface area contributed by atoms with Crippen LogP contribution in [0, 0.1) is 6.92 Å². The maximum absolute atomic E-state index is 13.5. The minimum absolute atomic E-state index is 0.0454. The Morgan fingerprint density at radius 3 is 2.47 bits per heavy atom. The average Bonchev–Trinajstić information content (AvgIpc) is 3.25. The maximum Gasteiger partial charge on any atom is 0.318 e. The minimum atomic E-state index is -0.172. The summed E-state index contributed by atoms with van der Waals surface area (Å²) >= 11 is 0. The third kappa shape index (κ3) is 3.92. The molecule has 4 heteroatoms. The van der Waals surface area contributed by atoms with Gasteiger partial charge in [0, 0.05) is 18.4 Å². The molecule has 0 saturated carbocycles. The van der Waals surface area contributed by atoms with Crippen LogP contribution in [-0.2, 0) is 13.0 Å². The van der Waals surface area contributed by atoms with Gasteiger partial charge in [0.25, 0.3) is 0 Å². The summed E-state index contributed by atoms with van der Waals surface area (Å²) < 4.78 is 2.22. The second-order valence-corrected chi connectivity index (χ2v) is 8.34. The van der Waals surface area contributed by atoms with Crippen molar-refractivity contribution in [2.75, 3.05) is 6.54 Å². The summed E-state index contributed by atoms with van der Waals surface area (Å²) in [4.78, 5) is 15.5. The van der Waals surface area contributed by atoms with Gasteiger partial charge in [-0.3, -0.25) is 0 Å². The van der Waals surface area contributed by atoms with E-state index in [1.165, 1.54) is 11.1 Å². The summed E-state index contributed by atoms with van der Waals surface area (Å²) in [6.07, 6.45) is 2.90. The summed E-state index contributed by atoms with van der Waals surface area (Å²) in [6, 6.07) is 31.1. The van der Waals surface area contributed by atoms with Gasteiger partial charge in [0.2, 0.25) is 0 Å². The van der Waals surface area contributed by atoms with E-state index in [9.17, 15) is 4.79 Å². The number of urea groups is 1. The first-order chi connectivity index (χ1) is 15.7. The molecule has 32 heavy (non-hydrogen) atoms. The van der Waals surface area contributed by atoms with Gasteiger partial charge < -0.3 is 14.8 Å². The number of carbonyl (C=O) groups excluding carboxylic acids is 1. The Labute approximate surface area is 189 Å². The SMILES string of the molecule is Cc1ccc(C2c3cccn3-c3ccccc3CN2C(=O)NCCc2ccccc2)cc1. The van der Waals surface area contributed by atoms with Gasteiger partial charge in [-0.2, -0.15) is 0 Å². The van der Waals surface area contributed by atoms with E-state index in [1.807, 2.05) is 29.2 Å². The predicted molar refractivity (Wildman–Crippen MR) is 128 cm³/mol. The second-order valence-electron chi connectivity index (χ2n) is 8.34. The van der Waals surface area contributed by atoms with Crippen LogP contribution in [0.5, 0.6) is 0 Å². The molecule has 1 aliphatic rings. The number of rotatable bonds is 4. The second kappa shape index (κ2) is 8.75. The van der Waals surface area contributed by atoms with Gasteiger partial charge in [0.15, 0.2) is 0 Å². The first-order valence-electron chi connectivity index (χ1n) is 11.1. The molecule has 4 nitrogen and oxygen atoms in total. The molecule has 1 atom stereocenters. The van der Waals surface area contributed by atoms with Crippen molar-refractivity contribution in [3.8, 4) is 5.69 Å². The van der Waals surface area contributed by atoms with Gasteiger partial charge >= 0.3 is 6.03 Å². The number of aromatic nitrogens is 1. The van der Waals surface area contributed by atoms with Crippen molar-refractivity contribution in [1.82, 2.24) is 14.8 Å². The van der Waals surface area contributed by atoms with E-state index in [-0.39, 0.29) is 12.1 Å². The molecule has 1 N–H and O–H groups in total. The molecule has 2 amide bonds. The number of nitrogens with one attached hydrogen (secondary N) is 1. The van der Waals surface area contributed by atoms with Crippen LogP contribution in [0.4, 0.5) is 4.79 Å². The highest BCUT2D eigenvalue weighted by Crippen LogP contribution is 2.36. The molecule has 160 valence electrons. The number of hydrogen-bond acceptors (Lipinski definition) is 1. The Morgan fingerprint density at radius 1 is 0.906 bits per heavy atom. The number of hydrogen-bond donors (Lipinski definition) is 1. The number of fused-ring (bicyclic) bond motifs is 3. The van der Waals surface area contributed by atoms with Gasteiger partial charge in [0.1, 0.15) is 0 Å². The summed E-state index contributed by atoms with van der Waals surface area (Å²) in [7, 11) is 0. The normalized spacial score (nSPS) is 14.9. The third-order valence-corrected chi connectivity index (χ3v) is 6.15. The van der Waals surface area contributed by atoms with Gasteiger partial charge in [-0.1, -0.05) is 78.4 Å². The van der Waals surface area contributed by atoms with Gasteiger partial charge in [0.05, 0.1) is 18.3 Å². The molecule has 0 saturated heterocycles. The fourth-order valence-corrected chi connectivity index (χ4v) is 4.50. The lowest BCUT2D eigenvalue weighted by Gasteiger charge is -2.31. The monoisotopic (exact) mass is 421 g/mol. The van der Waals surface area contributed by atoms with E-state index in [2.05, 4.69) is 89.7 Å². The fourth-order valence-electron chi connectivity index (χ4n) is 4.50. The van der Waals surface area contributed by atoms with Crippen molar-refractivity contribution < 1.29 is 4.79 Å². The van der Waals surface area contributed by atoms with Gasteiger partial charge in [-0.25, -0.2) is 4.79 Å². The Bertz CT molecular complexity index is 1210. The molecule has 2 heterocycles. The summed E-state index contributed by atoms with van der Waals surface area (Å²) in [5.41, 5.74) is 6.90. The lowest BCUT2D eigenvalue weighted by Crippen LogP contribution is -2.42. The topological polar surface area (TPSA) is 37.3 Å². The Balaban J connectivity index is 1.49. The molecular formula is C28H27N3O. The number of amides is 2. The zero-order valence-electron chi connectivity index (χ0n) is 18.2. The van der Waals surface area contributed by atoms with Crippen molar-refractivity contribution in [2.45, 2.75) is 25.9 Å². The molecule has 0 bridgehead atoms. The van der Waals surface area contributed by atoms with Crippen molar-refractivity contribution in [3.63, 3.8) is 0 Å². The Morgan fingerprint density at radius 2 is 1.66 bits per heavy atom. The highest BCUT2D eigenvalue weighted by molar-refractivity contribution is 5.76. The van der Waals surface area contributed by atoms with Crippen LogP contribution in [0.3, 0.4) is 0 Å². The number of para-hydroxylation sites is 1. The van der Waals surface area contributed by atoms with Crippen molar-refractivity contribution in [3.05, 3.63) is 125 Å². The number of carbonyl (C=O) groups is 1. The van der Waals surface area contributed by atoms with Crippen LogP contribution >= 0.6 is 0 Å². The Hall–Kier alpha value is -3.79. The fraction of sp³-hybridized carbons (Fsp3) is 0.179. The van der Waals surface area contributed by atoms with E-state index in [1.54, 1.807) is 0 Å². The summed E-state index contributed by atoms with van der Waals surface area (Å²) in [5, 5.41) is 3.17. The predicted octanol–water partition coefficient (Wildman–Crippen LogP) is 5.64. The highest BCUT2D eigenvalue weighted by Gasteiger charge is 2.32. The van der Waals surface area contributed by atoms with Gasteiger partial charge in [-0.05, 0) is 48.2 Å². The van der Waals surface area contributed by atoms with E-state index < -0.39 is 0 Å². The molecule has 0 radical (unpaired) electrons. The maximum atomic E-state index is 13.5. The average molecular weight is 422 g/mol. The van der Waals surface area contributed by atoms with E-state index >= 15 is 0 Å². The number of nitrogens with zero attached hydrogens (tertiary/aromatic N) is 2. The zero-order chi connectivity index (χ0) is 21.9. The summed E-state index contributed by atoms with van der Waals surface area (Å²) in [5.74, 6) is 0. The van der Waals surface area contributed by atoms with E-state index in [0.717, 1.165) is 28.9 Å². The van der Waals surface area contributed by atoms with Crippen molar-refractivity contribution in [2.24, 2.45) is 0 Å². The standard InChI is InChI=1S/C28H27N3O/c1-21-13-15-23(16-14-21)27-26-12-7-19-30(26)25-11-6-5-10-24(25)20-31(27)28(32)29-18-17-22-8-3-2-4-9-22/h2-16,19,27H,17-18,20H2,1H3,(H,29,32). The third-order valence-electron chi connectivity index (χ3n) is 6.15. The first-order valence-corrected chi connectivity index (χ1v) is 11.1. The lowest BCUT2D eigenvalue weighted by molar-refractivity contribution is 0.181. The first kappa shape index (κ1) is 20.1. The molecule has 0 fully saturated rings. The molecule has 5 rings (SSSR count). The van der Waals surface area contributed by atoms with E-state index in [0.29, 0.717) is 13.1 Å². The largest absolute Gasteiger partial charge is 0.338 e. The number of aryl methyl sites for hydroxylation is 1. The molecule has 0 aliphatic carbocycles. The molecule has 0 spiro atoms. The quantitative estimate of drug-likeness (QED) is 0.455. The number of benzene rings is 3. The molecule has 1 aromatic heterocycles. The van der Waals surface area contributed by atoms with Crippen molar-refractivity contribution >= 4 is 6.03 Å². The van der Waals surface area contributed by atoms with E-state index in [4.69, 9.17) is 0 Å². The molecular weight excluding hydrogens is 394 g/mol. The van der Waals surface area contributed by atoms with Crippen LogP contribution in [0.1, 0.15) is 34.0 Å². The molecule has 1 unspecified atom stereocenters. The minimum Gasteiger partial charge on any atom is -0.338 e. The zero-order valence-corrected chi connectivity index (χ0v) is 18.2. The Kier molecular flexibility index (Phi) is 5.51. The summed E-state index contributed by atoms with van der Waals surface area (Å²) in [6.45, 7) is 3.24. The molecule has 1 aliphatic heterocycles. The van der Waals surface area contributed by atoms with Crippen LogP contribution < -0.4 is 5.32 Å². The molecule has 4 aromatic rings. The highest BCUT2D eigenvalue weighted by atomic mass is 16.2. The van der Waals surface area contributed by atoms with Crippen molar-refractivity contribution in [1.29, 1.82) is 0 Å². The van der Waals surface area contributed by atoms with Gasteiger partial charge in [-0.15, -0.1) is 0 Å². The molecule has 3 aromatic carbocycles. The van der Waals surface area contributed by atoms with Crippen LogP contribution in [-0.4, -0.2) is 22.0 Å². The smallest absolute Gasteiger partial charge is 0.318 e. The van der Waals surface area contributed by atoms with Crippen LogP contribution in [0.25, 0.3) is 5.69 Å². The van der Waals surface area contributed by atoms with Crippen LogP contribution in [0.2, 0.25) is 0 Å².